The van der Waals surface area contributed by atoms with Crippen LogP contribution >= 0.6 is 0 Å². The van der Waals surface area contributed by atoms with Crippen LogP contribution in [0.3, 0.4) is 0 Å². The van der Waals surface area contributed by atoms with Crippen LogP contribution in [0.5, 0.6) is 0 Å². The number of nitrogens with zero attached hydrogens (tertiary/aromatic N) is 3. The van der Waals surface area contributed by atoms with Gasteiger partial charge in [0.1, 0.15) is 5.69 Å². The van der Waals surface area contributed by atoms with Crippen molar-refractivity contribution in [3.05, 3.63) is 34.4 Å². The van der Waals surface area contributed by atoms with Crippen LogP contribution in [0, 0.1) is 5.41 Å². The SMILES string of the molecule is CC(C)(C)C(=O)n1c(-c2cc(C(F)(F)F)ccn2)noc1=O. The molecule has 2 heterocycles. The summed E-state index contributed by atoms with van der Waals surface area (Å²) in [5.74, 6) is -2.10. The van der Waals surface area contributed by atoms with Crippen molar-refractivity contribution in [1.82, 2.24) is 14.7 Å². The van der Waals surface area contributed by atoms with Gasteiger partial charge in [-0.1, -0.05) is 25.9 Å². The van der Waals surface area contributed by atoms with E-state index in [1.54, 1.807) is 20.8 Å². The van der Waals surface area contributed by atoms with Crippen molar-refractivity contribution in [2.24, 2.45) is 5.41 Å². The summed E-state index contributed by atoms with van der Waals surface area (Å²) >= 11 is 0. The van der Waals surface area contributed by atoms with Crippen molar-refractivity contribution in [2.45, 2.75) is 26.9 Å². The topological polar surface area (TPSA) is 78.0 Å². The Morgan fingerprint density at radius 1 is 1.27 bits per heavy atom. The number of halogens is 3. The Morgan fingerprint density at radius 2 is 1.91 bits per heavy atom. The van der Waals surface area contributed by atoms with Crippen LogP contribution in [0.2, 0.25) is 0 Å². The van der Waals surface area contributed by atoms with E-state index in [0.29, 0.717) is 10.6 Å². The van der Waals surface area contributed by atoms with E-state index >= 15 is 0 Å². The molecule has 0 bridgehead atoms. The number of alkyl halides is 3. The van der Waals surface area contributed by atoms with Crippen LogP contribution in [0.15, 0.2) is 27.6 Å². The molecule has 2 aromatic rings. The van der Waals surface area contributed by atoms with E-state index in [1.807, 2.05) is 0 Å². The van der Waals surface area contributed by atoms with Crippen molar-refractivity contribution < 1.29 is 22.5 Å². The summed E-state index contributed by atoms with van der Waals surface area (Å²) in [5, 5.41) is 3.37. The molecule has 0 saturated heterocycles. The van der Waals surface area contributed by atoms with Crippen molar-refractivity contribution >= 4 is 5.91 Å². The van der Waals surface area contributed by atoms with Crippen LogP contribution < -0.4 is 5.76 Å². The fourth-order valence-corrected chi connectivity index (χ4v) is 1.66. The second-order valence-corrected chi connectivity index (χ2v) is 5.59. The average Bonchev–Trinajstić information content (AvgIpc) is 2.77. The Morgan fingerprint density at radius 3 is 2.45 bits per heavy atom. The zero-order valence-electron chi connectivity index (χ0n) is 11.9. The molecule has 0 saturated carbocycles. The summed E-state index contributed by atoms with van der Waals surface area (Å²) in [6.07, 6.45) is -3.66. The number of carbonyl (C=O) groups is 1. The molecule has 0 aliphatic rings. The van der Waals surface area contributed by atoms with Gasteiger partial charge in [0.25, 0.3) is 0 Å². The molecule has 0 N–H and O–H groups in total. The van der Waals surface area contributed by atoms with E-state index in [1.165, 1.54) is 0 Å². The van der Waals surface area contributed by atoms with Gasteiger partial charge in [-0.05, 0) is 12.1 Å². The second kappa shape index (κ2) is 5.08. The molecule has 2 rings (SSSR count). The molecule has 0 atom stereocenters. The molecule has 0 unspecified atom stereocenters. The largest absolute Gasteiger partial charge is 0.448 e. The minimum Gasteiger partial charge on any atom is -0.295 e. The van der Waals surface area contributed by atoms with Crippen molar-refractivity contribution in [3.63, 3.8) is 0 Å². The fourth-order valence-electron chi connectivity index (χ4n) is 1.66. The normalized spacial score (nSPS) is 12.5. The van der Waals surface area contributed by atoms with Crippen LogP contribution in [0.25, 0.3) is 11.5 Å². The molecule has 6 nitrogen and oxygen atoms in total. The predicted octanol–water partition coefficient (Wildman–Crippen LogP) is 2.60. The Bertz CT molecular complexity index is 769. The molecule has 0 amide bonds. The van der Waals surface area contributed by atoms with E-state index in [9.17, 15) is 22.8 Å². The summed E-state index contributed by atoms with van der Waals surface area (Å²) in [6, 6.07) is 1.47. The molecule has 118 valence electrons. The van der Waals surface area contributed by atoms with Crippen LogP contribution in [0.1, 0.15) is 31.1 Å². The van der Waals surface area contributed by atoms with Crippen molar-refractivity contribution in [3.8, 4) is 11.5 Å². The lowest BCUT2D eigenvalue weighted by molar-refractivity contribution is -0.137. The van der Waals surface area contributed by atoms with Gasteiger partial charge < -0.3 is 0 Å². The minimum absolute atomic E-state index is 0.279. The highest BCUT2D eigenvalue weighted by atomic mass is 19.4. The van der Waals surface area contributed by atoms with Gasteiger partial charge in [0.05, 0.1) is 5.56 Å². The molecular weight excluding hydrogens is 303 g/mol. The Hall–Kier alpha value is -2.45. The molecule has 0 radical (unpaired) electrons. The molecule has 22 heavy (non-hydrogen) atoms. The van der Waals surface area contributed by atoms with Crippen molar-refractivity contribution in [1.29, 1.82) is 0 Å². The highest BCUT2D eigenvalue weighted by molar-refractivity contribution is 5.86. The quantitative estimate of drug-likeness (QED) is 0.808. The summed E-state index contributed by atoms with van der Waals surface area (Å²) in [5.41, 5.74) is -2.20. The smallest absolute Gasteiger partial charge is 0.295 e. The predicted molar refractivity (Wildman–Crippen MR) is 69.1 cm³/mol. The van der Waals surface area contributed by atoms with Crippen LogP contribution in [0.4, 0.5) is 13.2 Å². The molecule has 0 spiro atoms. The Kier molecular flexibility index (Phi) is 3.68. The van der Waals surface area contributed by atoms with E-state index in [0.717, 1.165) is 12.3 Å². The first-order valence-electron chi connectivity index (χ1n) is 6.19. The van der Waals surface area contributed by atoms with Gasteiger partial charge in [0.15, 0.2) is 0 Å². The first-order valence-corrected chi connectivity index (χ1v) is 6.19. The lowest BCUT2D eigenvalue weighted by atomic mass is 9.95. The van der Waals surface area contributed by atoms with E-state index in [4.69, 9.17) is 0 Å². The van der Waals surface area contributed by atoms with Gasteiger partial charge >= 0.3 is 11.9 Å². The number of carbonyl (C=O) groups excluding carboxylic acids is 1. The van der Waals surface area contributed by atoms with Gasteiger partial charge in [-0.25, -0.2) is 4.79 Å². The summed E-state index contributed by atoms with van der Waals surface area (Å²) in [4.78, 5) is 27.6. The molecule has 0 aliphatic heterocycles. The number of hydrogen-bond donors (Lipinski definition) is 0. The Balaban J connectivity index is 2.61. The number of hydrogen-bond acceptors (Lipinski definition) is 5. The fraction of sp³-hybridized carbons (Fsp3) is 0.385. The molecule has 9 heteroatoms. The zero-order chi connectivity index (χ0) is 16.7. The molecule has 0 fully saturated rings. The number of aromatic nitrogens is 3. The first kappa shape index (κ1) is 15.9. The van der Waals surface area contributed by atoms with E-state index in [2.05, 4.69) is 14.7 Å². The van der Waals surface area contributed by atoms with Gasteiger partial charge in [0.2, 0.25) is 11.7 Å². The molecule has 0 aliphatic carbocycles. The first-order chi connectivity index (χ1) is 10.0. The third-order valence-corrected chi connectivity index (χ3v) is 2.77. The molecule has 0 aromatic carbocycles. The maximum absolute atomic E-state index is 12.7. The van der Waals surface area contributed by atoms with Gasteiger partial charge in [-0.3, -0.25) is 14.3 Å². The van der Waals surface area contributed by atoms with Gasteiger partial charge in [-0.15, -0.1) is 0 Å². The van der Waals surface area contributed by atoms with E-state index < -0.39 is 28.8 Å². The lowest BCUT2D eigenvalue weighted by Gasteiger charge is -2.16. The zero-order valence-corrected chi connectivity index (χ0v) is 11.9. The monoisotopic (exact) mass is 315 g/mol. The second-order valence-electron chi connectivity index (χ2n) is 5.59. The highest BCUT2D eigenvalue weighted by Gasteiger charge is 2.33. The maximum atomic E-state index is 12.7. The third-order valence-electron chi connectivity index (χ3n) is 2.77. The van der Waals surface area contributed by atoms with Crippen LogP contribution in [-0.2, 0) is 6.18 Å². The molecular formula is C13H12F3N3O3. The third kappa shape index (κ3) is 2.92. The van der Waals surface area contributed by atoms with E-state index in [-0.39, 0.29) is 11.5 Å². The van der Waals surface area contributed by atoms with Crippen molar-refractivity contribution in [2.75, 3.05) is 0 Å². The maximum Gasteiger partial charge on any atom is 0.448 e. The standard InChI is InChI=1S/C13H12F3N3O3/c1-12(2,3)10(20)19-9(18-22-11(19)21)8-6-7(4-5-17-8)13(14,15)16/h4-6H,1-3H3. The molecule has 2 aromatic heterocycles. The number of rotatable bonds is 1. The van der Waals surface area contributed by atoms with Gasteiger partial charge in [0, 0.05) is 11.6 Å². The van der Waals surface area contributed by atoms with Crippen LogP contribution in [-0.4, -0.2) is 20.6 Å². The summed E-state index contributed by atoms with van der Waals surface area (Å²) in [7, 11) is 0. The summed E-state index contributed by atoms with van der Waals surface area (Å²) < 4.78 is 43.2. The highest BCUT2D eigenvalue weighted by Crippen LogP contribution is 2.31. The van der Waals surface area contributed by atoms with Gasteiger partial charge in [-0.2, -0.15) is 17.7 Å². The lowest BCUT2D eigenvalue weighted by Crippen LogP contribution is -2.33. The average molecular weight is 315 g/mol. The number of pyridine rings is 1. The minimum atomic E-state index is -4.58. The summed E-state index contributed by atoms with van der Waals surface area (Å²) in [6.45, 7) is 4.66. The Labute approximate surface area is 122 Å².